The molecule has 0 saturated carbocycles. The molecule has 0 atom stereocenters. The molecule has 1 heterocycles. The SMILES string of the molecule is COc1cc(F)cc2nc(NN)c(C)nc12. The van der Waals surface area contributed by atoms with Crippen molar-refractivity contribution in [1.82, 2.24) is 9.97 Å². The number of nitrogens with two attached hydrogens (primary N) is 1. The van der Waals surface area contributed by atoms with Crippen molar-refractivity contribution in [3.05, 3.63) is 23.6 Å². The van der Waals surface area contributed by atoms with E-state index >= 15 is 0 Å². The number of hydrazine groups is 1. The van der Waals surface area contributed by atoms with E-state index in [2.05, 4.69) is 15.4 Å². The second-order valence-corrected chi connectivity index (χ2v) is 3.28. The van der Waals surface area contributed by atoms with Gasteiger partial charge in [-0.2, -0.15) is 0 Å². The molecule has 2 rings (SSSR count). The van der Waals surface area contributed by atoms with E-state index in [4.69, 9.17) is 10.6 Å². The van der Waals surface area contributed by atoms with Crippen LogP contribution in [-0.4, -0.2) is 17.1 Å². The topological polar surface area (TPSA) is 73.1 Å². The highest BCUT2D eigenvalue weighted by atomic mass is 19.1. The second-order valence-electron chi connectivity index (χ2n) is 3.28. The number of methoxy groups -OCH3 is 1. The predicted molar refractivity (Wildman–Crippen MR) is 58.6 cm³/mol. The first-order valence-corrected chi connectivity index (χ1v) is 4.64. The largest absolute Gasteiger partial charge is 0.494 e. The molecule has 16 heavy (non-hydrogen) atoms. The van der Waals surface area contributed by atoms with Crippen molar-refractivity contribution in [3.8, 4) is 5.75 Å². The lowest BCUT2D eigenvalue weighted by Gasteiger charge is -2.08. The molecule has 0 saturated heterocycles. The van der Waals surface area contributed by atoms with E-state index in [1.807, 2.05) is 0 Å². The molecule has 6 heteroatoms. The summed E-state index contributed by atoms with van der Waals surface area (Å²) < 4.78 is 18.3. The lowest BCUT2D eigenvalue weighted by Crippen LogP contribution is -2.11. The number of benzene rings is 1. The molecule has 3 N–H and O–H groups in total. The van der Waals surface area contributed by atoms with Crippen molar-refractivity contribution in [2.45, 2.75) is 6.92 Å². The van der Waals surface area contributed by atoms with Gasteiger partial charge in [-0.15, -0.1) is 0 Å². The van der Waals surface area contributed by atoms with Gasteiger partial charge in [0.1, 0.15) is 17.1 Å². The van der Waals surface area contributed by atoms with Gasteiger partial charge in [0.2, 0.25) is 0 Å². The van der Waals surface area contributed by atoms with Crippen LogP contribution in [0.1, 0.15) is 5.69 Å². The average molecular weight is 222 g/mol. The fraction of sp³-hybridized carbons (Fsp3) is 0.200. The number of hydrogen-bond acceptors (Lipinski definition) is 5. The summed E-state index contributed by atoms with van der Waals surface area (Å²) in [6.07, 6.45) is 0. The molecule has 0 spiro atoms. The van der Waals surface area contributed by atoms with Gasteiger partial charge in [0, 0.05) is 12.1 Å². The van der Waals surface area contributed by atoms with Gasteiger partial charge in [-0.1, -0.05) is 0 Å². The number of hydrogen-bond donors (Lipinski definition) is 2. The number of halogens is 1. The van der Waals surface area contributed by atoms with E-state index in [9.17, 15) is 4.39 Å². The van der Waals surface area contributed by atoms with Gasteiger partial charge >= 0.3 is 0 Å². The minimum Gasteiger partial charge on any atom is -0.494 e. The van der Waals surface area contributed by atoms with Crippen molar-refractivity contribution in [3.63, 3.8) is 0 Å². The highest BCUT2D eigenvalue weighted by Gasteiger charge is 2.10. The van der Waals surface area contributed by atoms with Crippen LogP contribution in [0.15, 0.2) is 12.1 Å². The van der Waals surface area contributed by atoms with E-state index < -0.39 is 5.82 Å². The van der Waals surface area contributed by atoms with Crippen molar-refractivity contribution >= 4 is 16.9 Å². The number of nitrogen functional groups attached to an aromatic ring is 1. The van der Waals surface area contributed by atoms with Crippen molar-refractivity contribution < 1.29 is 9.13 Å². The summed E-state index contributed by atoms with van der Waals surface area (Å²) in [5.74, 6) is 5.62. The molecule has 0 unspecified atom stereocenters. The fourth-order valence-electron chi connectivity index (χ4n) is 1.47. The third-order valence-corrected chi connectivity index (χ3v) is 2.23. The molecule has 0 aliphatic heterocycles. The maximum absolute atomic E-state index is 13.2. The smallest absolute Gasteiger partial charge is 0.162 e. The lowest BCUT2D eigenvalue weighted by atomic mass is 10.2. The number of nitrogens with one attached hydrogen (secondary N) is 1. The van der Waals surface area contributed by atoms with Crippen LogP contribution in [0, 0.1) is 12.7 Å². The molecule has 0 fully saturated rings. The summed E-state index contributed by atoms with van der Waals surface area (Å²) >= 11 is 0. The van der Waals surface area contributed by atoms with E-state index in [-0.39, 0.29) is 0 Å². The van der Waals surface area contributed by atoms with Gasteiger partial charge in [-0.3, -0.25) is 0 Å². The standard InChI is InChI=1S/C10H11FN4O/c1-5-10(15-12)14-7-3-6(11)4-8(16-2)9(7)13-5/h3-4H,12H2,1-2H3,(H,14,15). The zero-order valence-electron chi connectivity index (χ0n) is 8.91. The third kappa shape index (κ3) is 1.63. The number of anilines is 1. The number of ether oxygens (including phenoxy) is 1. The summed E-state index contributed by atoms with van der Waals surface area (Å²) in [6, 6.07) is 2.55. The van der Waals surface area contributed by atoms with Crippen LogP contribution in [0.5, 0.6) is 5.75 Å². The normalized spacial score (nSPS) is 10.5. The first-order chi connectivity index (χ1) is 7.65. The molecule has 0 bridgehead atoms. The zero-order chi connectivity index (χ0) is 11.7. The fourth-order valence-corrected chi connectivity index (χ4v) is 1.47. The van der Waals surface area contributed by atoms with E-state index in [0.717, 1.165) is 0 Å². The molecule has 0 aliphatic carbocycles. The zero-order valence-corrected chi connectivity index (χ0v) is 8.91. The molecule has 1 aromatic heterocycles. The molecule has 0 amide bonds. The molecule has 0 radical (unpaired) electrons. The Balaban J connectivity index is 2.79. The molecule has 5 nitrogen and oxygen atoms in total. The third-order valence-electron chi connectivity index (χ3n) is 2.23. The Morgan fingerprint density at radius 2 is 2.12 bits per heavy atom. The van der Waals surface area contributed by atoms with Crippen LogP contribution in [0.2, 0.25) is 0 Å². The van der Waals surface area contributed by atoms with E-state index in [0.29, 0.717) is 28.3 Å². The molecular formula is C10H11FN4O. The van der Waals surface area contributed by atoms with Crippen LogP contribution in [0.4, 0.5) is 10.2 Å². The quantitative estimate of drug-likeness (QED) is 0.593. The average Bonchev–Trinajstić information content (AvgIpc) is 2.28. The maximum Gasteiger partial charge on any atom is 0.162 e. The van der Waals surface area contributed by atoms with Crippen LogP contribution < -0.4 is 16.0 Å². The van der Waals surface area contributed by atoms with Gasteiger partial charge in [0.25, 0.3) is 0 Å². The van der Waals surface area contributed by atoms with Crippen LogP contribution >= 0.6 is 0 Å². The van der Waals surface area contributed by atoms with E-state index in [1.165, 1.54) is 19.2 Å². The Bertz CT molecular complexity index is 544. The Labute approximate surface area is 91.4 Å². The number of rotatable bonds is 2. The van der Waals surface area contributed by atoms with Crippen molar-refractivity contribution in [2.24, 2.45) is 5.84 Å². The van der Waals surface area contributed by atoms with Crippen molar-refractivity contribution in [1.29, 1.82) is 0 Å². The van der Waals surface area contributed by atoms with Crippen LogP contribution in [-0.2, 0) is 0 Å². The minimum atomic E-state index is -0.425. The van der Waals surface area contributed by atoms with Gasteiger partial charge in [-0.05, 0) is 6.92 Å². The first-order valence-electron chi connectivity index (χ1n) is 4.64. The summed E-state index contributed by atoms with van der Waals surface area (Å²) in [6.45, 7) is 1.75. The molecule has 0 aliphatic rings. The molecule has 1 aromatic carbocycles. The summed E-state index contributed by atoms with van der Waals surface area (Å²) in [4.78, 5) is 8.41. The number of aryl methyl sites for hydroxylation is 1. The lowest BCUT2D eigenvalue weighted by molar-refractivity contribution is 0.415. The number of fused-ring (bicyclic) bond motifs is 1. The molecular weight excluding hydrogens is 211 g/mol. The van der Waals surface area contributed by atoms with Gasteiger partial charge in [0.05, 0.1) is 18.3 Å². The summed E-state index contributed by atoms with van der Waals surface area (Å²) in [5.41, 5.74) is 3.95. The van der Waals surface area contributed by atoms with Crippen LogP contribution in [0.3, 0.4) is 0 Å². The van der Waals surface area contributed by atoms with Gasteiger partial charge < -0.3 is 10.2 Å². The van der Waals surface area contributed by atoms with Crippen LogP contribution in [0.25, 0.3) is 11.0 Å². The highest BCUT2D eigenvalue weighted by Crippen LogP contribution is 2.25. The molecule has 2 aromatic rings. The Morgan fingerprint density at radius 1 is 1.38 bits per heavy atom. The molecule has 84 valence electrons. The Hall–Kier alpha value is -1.95. The summed E-state index contributed by atoms with van der Waals surface area (Å²) in [5, 5.41) is 0. The van der Waals surface area contributed by atoms with E-state index in [1.54, 1.807) is 6.92 Å². The Kier molecular flexibility index (Phi) is 2.57. The second kappa shape index (κ2) is 3.90. The van der Waals surface area contributed by atoms with Crippen molar-refractivity contribution in [2.75, 3.05) is 12.5 Å². The summed E-state index contributed by atoms with van der Waals surface area (Å²) in [7, 11) is 1.46. The number of nitrogens with zero attached hydrogens (tertiary/aromatic N) is 2. The van der Waals surface area contributed by atoms with Gasteiger partial charge in [0.15, 0.2) is 5.82 Å². The monoisotopic (exact) mass is 222 g/mol. The van der Waals surface area contributed by atoms with Gasteiger partial charge in [-0.25, -0.2) is 20.2 Å². The minimum absolute atomic E-state index is 0.356. The maximum atomic E-state index is 13.2. The number of aromatic nitrogens is 2. The first kappa shape index (κ1) is 10.6. The predicted octanol–water partition coefficient (Wildman–Crippen LogP) is 1.37. The Morgan fingerprint density at radius 3 is 2.75 bits per heavy atom. The highest BCUT2D eigenvalue weighted by molar-refractivity contribution is 5.82.